The first-order chi connectivity index (χ1) is 23.2. The van der Waals surface area contributed by atoms with Crippen molar-refractivity contribution in [3.05, 3.63) is 133 Å². The highest BCUT2D eigenvalue weighted by Gasteiger charge is 2.33. The van der Waals surface area contributed by atoms with E-state index in [1.807, 2.05) is 36.5 Å². The van der Waals surface area contributed by atoms with E-state index in [1.165, 1.54) is 43.1 Å². The van der Waals surface area contributed by atoms with E-state index in [2.05, 4.69) is 20.9 Å². The molecular weight excluding hydrogens is 700 g/mol. The Morgan fingerprint density at radius 3 is 2.56 bits per heavy atom. The van der Waals surface area contributed by atoms with Crippen molar-refractivity contribution < 1.29 is 29.1 Å². The molecule has 6 rings (SSSR count). The van der Waals surface area contributed by atoms with Gasteiger partial charge in [-0.2, -0.15) is 0 Å². The minimum absolute atomic E-state index is 0.0473. The first-order valence-electron chi connectivity index (χ1n) is 14.6. The Balaban J connectivity index is 1.26. The van der Waals surface area contributed by atoms with E-state index < -0.39 is 10.9 Å². The number of benzene rings is 4. The molecule has 4 aromatic carbocycles. The van der Waals surface area contributed by atoms with Crippen molar-refractivity contribution in [3.63, 3.8) is 0 Å². The number of carboxylic acid groups (broad SMARTS) is 1. The lowest BCUT2D eigenvalue weighted by Crippen LogP contribution is -2.31. The third kappa shape index (κ3) is 7.11. The Morgan fingerprint density at radius 2 is 1.85 bits per heavy atom. The number of halogens is 1. The lowest BCUT2D eigenvalue weighted by atomic mass is 10.1. The van der Waals surface area contributed by atoms with Crippen LogP contribution in [0, 0.1) is 10.1 Å². The number of thioether (sulfide) groups is 1. The van der Waals surface area contributed by atoms with Crippen LogP contribution in [0.3, 0.4) is 0 Å². The van der Waals surface area contributed by atoms with E-state index in [1.54, 1.807) is 41.3 Å². The minimum Gasteiger partial charge on any atom is -0.493 e. The van der Waals surface area contributed by atoms with Gasteiger partial charge in [-0.05, 0) is 99.3 Å². The number of nitrogens with one attached hydrogen (secondary N) is 1. The molecule has 0 unspecified atom stereocenters. The van der Waals surface area contributed by atoms with Crippen molar-refractivity contribution in [3.8, 4) is 11.5 Å². The number of hydrogen-bond donors (Lipinski definition) is 2. The summed E-state index contributed by atoms with van der Waals surface area (Å²) in [4.78, 5) is 45.7. The number of methoxy groups -OCH3 is 1. The number of hydrogen-bond acceptors (Lipinski definition) is 8. The van der Waals surface area contributed by atoms with Gasteiger partial charge in [0, 0.05) is 35.8 Å². The Labute approximate surface area is 287 Å². The fourth-order valence-electron chi connectivity index (χ4n) is 5.13. The maximum atomic E-state index is 13.9. The monoisotopic (exact) mass is 726 g/mol. The summed E-state index contributed by atoms with van der Waals surface area (Å²) in [6.45, 7) is 0.543. The van der Waals surface area contributed by atoms with Gasteiger partial charge < -0.3 is 19.6 Å². The van der Waals surface area contributed by atoms with Crippen molar-refractivity contribution in [2.75, 3.05) is 13.7 Å². The summed E-state index contributed by atoms with van der Waals surface area (Å²) in [5, 5.41) is 21.8. The summed E-state index contributed by atoms with van der Waals surface area (Å²) >= 11 is 4.79. The minimum atomic E-state index is -1.00. The molecule has 1 amide bonds. The van der Waals surface area contributed by atoms with Gasteiger partial charge in [0.1, 0.15) is 6.61 Å². The summed E-state index contributed by atoms with van der Waals surface area (Å²) in [5.41, 5.74) is 4.16. The lowest BCUT2D eigenvalue weighted by Gasteiger charge is -2.15. The molecule has 0 spiro atoms. The van der Waals surface area contributed by atoms with Gasteiger partial charge in [-0.3, -0.25) is 19.8 Å². The third-order valence-corrected chi connectivity index (χ3v) is 9.18. The number of nitro groups is 1. The highest BCUT2D eigenvalue weighted by atomic mass is 79.9. The zero-order valence-corrected chi connectivity index (χ0v) is 27.8. The predicted octanol–water partition coefficient (Wildman–Crippen LogP) is 7.97. The van der Waals surface area contributed by atoms with E-state index in [4.69, 9.17) is 19.6 Å². The number of H-pyrrole nitrogens is 1. The zero-order chi connectivity index (χ0) is 33.8. The fourth-order valence-corrected chi connectivity index (χ4v) is 6.73. The van der Waals surface area contributed by atoms with Crippen molar-refractivity contribution in [1.82, 2.24) is 9.88 Å². The number of ether oxygens (including phenoxy) is 2. The quantitative estimate of drug-likeness (QED) is 0.0791. The Kier molecular flexibility index (Phi) is 9.60. The van der Waals surface area contributed by atoms with Crippen LogP contribution >= 0.6 is 27.7 Å². The molecule has 13 heteroatoms. The summed E-state index contributed by atoms with van der Waals surface area (Å²) in [5.74, 6) is -0.337. The molecule has 48 heavy (non-hydrogen) atoms. The molecule has 242 valence electrons. The van der Waals surface area contributed by atoms with Crippen LogP contribution in [-0.4, -0.2) is 50.6 Å². The smallest absolute Gasteiger partial charge is 0.335 e. The number of nitrogens with zero attached hydrogens (tertiary/aromatic N) is 3. The van der Waals surface area contributed by atoms with Crippen LogP contribution < -0.4 is 9.47 Å². The van der Waals surface area contributed by atoms with E-state index in [-0.39, 0.29) is 23.8 Å². The largest absolute Gasteiger partial charge is 0.493 e. The van der Waals surface area contributed by atoms with Gasteiger partial charge in [0.2, 0.25) is 0 Å². The second kappa shape index (κ2) is 14.2. The number of carboxylic acids is 1. The number of amidine groups is 1. The highest BCUT2D eigenvalue weighted by Crippen LogP contribution is 2.40. The van der Waals surface area contributed by atoms with E-state index >= 15 is 0 Å². The number of carbonyl (C=O) groups excluding carboxylic acids is 1. The number of nitro benzene ring substituents is 1. The van der Waals surface area contributed by atoms with Crippen LogP contribution in [0.5, 0.6) is 11.5 Å². The molecule has 1 aromatic heterocycles. The van der Waals surface area contributed by atoms with Crippen LogP contribution in [0.15, 0.2) is 105 Å². The first-order valence-corrected chi connectivity index (χ1v) is 16.2. The molecule has 0 bridgehead atoms. The summed E-state index contributed by atoms with van der Waals surface area (Å²) < 4.78 is 12.2. The highest BCUT2D eigenvalue weighted by molar-refractivity contribution is 9.10. The number of rotatable bonds is 11. The third-order valence-electron chi connectivity index (χ3n) is 7.59. The van der Waals surface area contributed by atoms with Gasteiger partial charge in [0.25, 0.3) is 11.6 Å². The molecule has 5 aromatic rings. The van der Waals surface area contributed by atoms with Crippen LogP contribution in [0.25, 0.3) is 17.0 Å². The number of aromatic nitrogens is 1. The van der Waals surface area contributed by atoms with Crippen LogP contribution in [-0.2, 0) is 17.8 Å². The molecule has 1 saturated heterocycles. The lowest BCUT2D eigenvalue weighted by molar-refractivity contribution is -0.384. The average Bonchev–Trinajstić information content (AvgIpc) is 3.62. The van der Waals surface area contributed by atoms with Gasteiger partial charge in [0.15, 0.2) is 16.7 Å². The number of para-hydroxylation sites is 1. The van der Waals surface area contributed by atoms with Crippen LogP contribution in [0.4, 0.5) is 11.4 Å². The van der Waals surface area contributed by atoms with E-state index in [0.717, 1.165) is 22.0 Å². The molecule has 11 nitrogen and oxygen atoms in total. The molecule has 1 aliphatic heterocycles. The van der Waals surface area contributed by atoms with Gasteiger partial charge in [-0.15, -0.1) is 0 Å². The van der Waals surface area contributed by atoms with E-state index in [0.29, 0.717) is 50.3 Å². The topological polar surface area (TPSA) is 147 Å². The Hall–Kier alpha value is -5.40. The maximum Gasteiger partial charge on any atom is 0.335 e. The number of amides is 1. The van der Waals surface area contributed by atoms with Crippen LogP contribution in [0.2, 0.25) is 0 Å². The molecule has 0 atom stereocenters. The van der Waals surface area contributed by atoms with Gasteiger partial charge in [0.05, 0.1) is 32.7 Å². The number of aliphatic imine (C=N–C) groups is 1. The van der Waals surface area contributed by atoms with Gasteiger partial charge in [-0.1, -0.05) is 30.3 Å². The molecule has 0 radical (unpaired) electrons. The molecule has 2 heterocycles. The van der Waals surface area contributed by atoms with Gasteiger partial charge in [-0.25, -0.2) is 9.79 Å². The number of aromatic amines is 1. The summed E-state index contributed by atoms with van der Waals surface area (Å²) in [7, 11) is 1.52. The second-order valence-electron chi connectivity index (χ2n) is 10.7. The first kappa shape index (κ1) is 32.5. The second-order valence-corrected chi connectivity index (χ2v) is 12.5. The summed E-state index contributed by atoms with van der Waals surface area (Å²) in [6.07, 6.45) is 4.28. The molecule has 1 fully saturated rings. The number of carbonyl (C=O) groups is 2. The van der Waals surface area contributed by atoms with Crippen molar-refractivity contribution >= 4 is 73.1 Å². The number of non-ortho nitro benzene ring substituents is 1. The number of fused-ring (bicyclic) bond motifs is 1. The standard InChI is InChI=1S/C35H27BrN4O7S/c1-46-30-17-22(16-28(36)32(30)47-20-21-6-8-23(9-7-21)34(42)43)18-31-33(41)39(15-14-24-19-37-29-5-3-2-4-27(24)29)35(48-31)38-25-10-12-26(13-11-25)40(44)45/h2-13,16-19,37H,14-15,20H2,1H3,(H,42,43)/b31-18-,38-35?. The Bertz CT molecular complexity index is 2090. The predicted molar refractivity (Wildman–Crippen MR) is 188 cm³/mol. The van der Waals surface area contributed by atoms with E-state index in [9.17, 15) is 19.7 Å². The van der Waals surface area contributed by atoms with Crippen molar-refractivity contribution in [2.45, 2.75) is 13.0 Å². The zero-order valence-electron chi connectivity index (χ0n) is 25.4. The van der Waals surface area contributed by atoms with Crippen LogP contribution in [0.1, 0.15) is 27.0 Å². The molecule has 2 N–H and O–H groups in total. The van der Waals surface area contributed by atoms with Crippen molar-refractivity contribution in [1.29, 1.82) is 0 Å². The summed E-state index contributed by atoms with van der Waals surface area (Å²) in [6, 6.07) is 23.8. The van der Waals surface area contributed by atoms with Gasteiger partial charge >= 0.3 is 5.97 Å². The van der Waals surface area contributed by atoms with Crippen molar-refractivity contribution in [2.24, 2.45) is 4.99 Å². The SMILES string of the molecule is COc1cc(/C=C2\SC(=Nc3ccc([N+](=O)[O-])cc3)N(CCc3c[nH]c4ccccc34)C2=O)cc(Br)c1OCc1ccc(C(=O)O)cc1. The maximum absolute atomic E-state index is 13.9. The normalized spacial score (nSPS) is 14.6. The molecule has 0 saturated carbocycles. The Morgan fingerprint density at radius 1 is 1.10 bits per heavy atom. The fraction of sp³-hybridized carbons (Fsp3) is 0.114. The average molecular weight is 728 g/mol. The molecule has 0 aliphatic carbocycles. The molecule has 1 aliphatic rings. The number of aromatic carboxylic acids is 1. The molecular formula is C35H27BrN4O7S.